The van der Waals surface area contributed by atoms with Crippen LogP contribution in [0, 0.1) is 0 Å². The quantitative estimate of drug-likeness (QED) is 0.482. The standard InChI is InChI=1S/C7H12N2O/c10-6-1-4-9-7(2-3-7)5-8-6/h9H,1-5H2,(H,8,10). The van der Waals surface area contributed by atoms with E-state index in [1.165, 1.54) is 12.8 Å². The van der Waals surface area contributed by atoms with Crippen molar-refractivity contribution in [2.75, 3.05) is 13.1 Å². The lowest BCUT2D eigenvalue weighted by Crippen LogP contribution is -2.38. The Hall–Kier alpha value is -0.570. The van der Waals surface area contributed by atoms with Crippen LogP contribution in [0.1, 0.15) is 19.3 Å². The minimum Gasteiger partial charge on any atom is -0.354 e. The molecule has 0 bridgehead atoms. The first-order valence-electron chi connectivity index (χ1n) is 3.83. The Morgan fingerprint density at radius 3 is 2.90 bits per heavy atom. The van der Waals surface area contributed by atoms with Crippen molar-refractivity contribution in [2.24, 2.45) is 0 Å². The maximum atomic E-state index is 10.8. The van der Waals surface area contributed by atoms with E-state index in [9.17, 15) is 4.79 Å². The van der Waals surface area contributed by atoms with Crippen molar-refractivity contribution in [1.82, 2.24) is 10.6 Å². The molecule has 0 unspecified atom stereocenters. The van der Waals surface area contributed by atoms with E-state index in [1.807, 2.05) is 0 Å². The molecule has 1 spiro atoms. The maximum Gasteiger partial charge on any atom is 0.221 e. The highest BCUT2D eigenvalue weighted by Crippen LogP contribution is 2.34. The number of carbonyl (C=O) groups is 1. The lowest BCUT2D eigenvalue weighted by Gasteiger charge is -2.11. The fraction of sp³-hybridized carbons (Fsp3) is 0.857. The zero-order chi connectivity index (χ0) is 7.03. The van der Waals surface area contributed by atoms with Crippen molar-refractivity contribution >= 4 is 5.91 Å². The highest BCUT2D eigenvalue weighted by molar-refractivity contribution is 5.76. The van der Waals surface area contributed by atoms with Gasteiger partial charge in [0.15, 0.2) is 0 Å². The van der Waals surface area contributed by atoms with Crippen LogP contribution in [0.4, 0.5) is 0 Å². The van der Waals surface area contributed by atoms with Gasteiger partial charge in [-0.25, -0.2) is 0 Å². The summed E-state index contributed by atoms with van der Waals surface area (Å²) >= 11 is 0. The smallest absolute Gasteiger partial charge is 0.221 e. The molecule has 2 fully saturated rings. The zero-order valence-electron chi connectivity index (χ0n) is 5.94. The number of carbonyl (C=O) groups excluding carboxylic acids is 1. The third-order valence-corrected chi connectivity index (χ3v) is 2.33. The monoisotopic (exact) mass is 140 g/mol. The molecule has 1 heterocycles. The number of nitrogens with one attached hydrogen (secondary N) is 2. The van der Waals surface area contributed by atoms with Crippen LogP contribution >= 0.6 is 0 Å². The van der Waals surface area contributed by atoms with Crippen LogP contribution < -0.4 is 10.6 Å². The van der Waals surface area contributed by atoms with Crippen molar-refractivity contribution in [2.45, 2.75) is 24.8 Å². The molecule has 2 N–H and O–H groups in total. The van der Waals surface area contributed by atoms with Crippen LogP contribution in [0.5, 0.6) is 0 Å². The molecule has 10 heavy (non-hydrogen) atoms. The van der Waals surface area contributed by atoms with E-state index < -0.39 is 0 Å². The summed E-state index contributed by atoms with van der Waals surface area (Å²) in [4.78, 5) is 10.8. The van der Waals surface area contributed by atoms with E-state index in [0.717, 1.165) is 13.1 Å². The molecule has 0 aromatic rings. The minimum atomic E-state index is 0.191. The third-order valence-electron chi connectivity index (χ3n) is 2.33. The van der Waals surface area contributed by atoms with Crippen LogP contribution in [0.15, 0.2) is 0 Å². The molecule has 2 aliphatic rings. The topological polar surface area (TPSA) is 41.1 Å². The lowest BCUT2D eigenvalue weighted by molar-refractivity contribution is -0.120. The molecular weight excluding hydrogens is 128 g/mol. The van der Waals surface area contributed by atoms with Gasteiger partial charge in [-0.1, -0.05) is 0 Å². The molecule has 3 heteroatoms. The minimum absolute atomic E-state index is 0.191. The van der Waals surface area contributed by atoms with Crippen molar-refractivity contribution < 1.29 is 4.79 Å². The Morgan fingerprint density at radius 1 is 1.40 bits per heavy atom. The van der Waals surface area contributed by atoms with Gasteiger partial charge in [0.25, 0.3) is 0 Å². The van der Waals surface area contributed by atoms with Crippen LogP contribution in [-0.2, 0) is 4.79 Å². The van der Waals surface area contributed by atoms with Crippen LogP contribution in [0.2, 0.25) is 0 Å². The van der Waals surface area contributed by atoms with E-state index in [2.05, 4.69) is 10.6 Å². The second-order valence-electron chi connectivity index (χ2n) is 3.23. The highest BCUT2D eigenvalue weighted by atomic mass is 16.1. The van der Waals surface area contributed by atoms with Gasteiger partial charge in [-0.15, -0.1) is 0 Å². The molecule has 1 saturated heterocycles. The Morgan fingerprint density at radius 2 is 2.20 bits per heavy atom. The third kappa shape index (κ3) is 1.01. The summed E-state index contributed by atoms with van der Waals surface area (Å²) in [5.74, 6) is 0.191. The maximum absolute atomic E-state index is 10.8. The zero-order valence-corrected chi connectivity index (χ0v) is 5.94. The summed E-state index contributed by atoms with van der Waals surface area (Å²) in [7, 11) is 0. The van der Waals surface area contributed by atoms with E-state index in [-0.39, 0.29) is 5.91 Å². The first kappa shape index (κ1) is 6.16. The highest BCUT2D eigenvalue weighted by Gasteiger charge is 2.43. The summed E-state index contributed by atoms with van der Waals surface area (Å²) in [6.45, 7) is 1.69. The summed E-state index contributed by atoms with van der Waals surface area (Å²) in [5.41, 5.74) is 0.312. The normalized spacial score (nSPS) is 29.4. The molecule has 1 amide bonds. The molecule has 0 aromatic carbocycles. The van der Waals surface area contributed by atoms with Gasteiger partial charge >= 0.3 is 0 Å². The van der Waals surface area contributed by atoms with Crippen molar-refractivity contribution in [3.63, 3.8) is 0 Å². The Labute approximate surface area is 60.2 Å². The molecule has 2 rings (SSSR count). The molecule has 1 aliphatic heterocycles. The second kappa shape index (κ2) is 1.95. The van der Waals surface area contributed by atoms with Crippen LogP contribution in [0.25, 0.3) is 0 Å². The summed E-state index contributed by atoms with van der Waals surface area (Å²) in [6.07, 6.45) is 3.10. The van der Waals surface area contributed by atoms with Gasteiger partial charge in [-0.2, -0.15) is 0 Å². The number of amides is 1. The molecular formula is C7H12N2O. The van der Waals surface area contributed by atoms with E-state index in [0.29, 0.717) is 12.0 Å². The summed E-state index contributed by atoms with van der Waals surface area (Å²) < 4.78 is 0. The first-order valence-corrected chi connectivity index (χ1v) is 3.83. The average Bonchev–Trinajstić information content (AvgIpc) is 2.67. The Balaban J connectivity index is 1.98. The second-order valence-corrected chi connectivity index (χ2v) is 3.23. The predicted molar refractivity (Wildman–Crippen MR) is 37.6 cm³/mol. The molecule has 0 aromatic heterocycles. The number of rotatable bonds is 0. The van der Waals surface area contributed by atoms with Gasteiger partial charge < -0.3 is 10.6 Å². The van der Waals surface area contributed by atoms with E-state index in [1.54, 1.807) is 0 Å². The van der Waals surface area contributed by atoms with Gasteiger partial charge in [0, 0.05) is 25.0 Å². The van der Waals surface area contributed by atoms with Gasteiger partial charge in [-0.05, 0) is 12.8 Å². The molecule has 3 nitrogen and oxygen atoms in total. The first-order chi connectivity index (χ1) is 4.81. The fourth-order valence-electron chi connectivity index (χ4n) is 1.36. The van der Waals surface area contributed by atoms with Crippen molar-refractivity contribution in [3.8, 4) is 0 Å². The molecule has 0 atom stereocenters. The average molecular weight is 140 g/mol. The summed E-state index contributed by atoms with van der Waals surface area (Å²) in [6, 6.07) is 0. The van der Waals surface area contributed by atoms with Gasteiger partial charge in [0.05, 0.1) is 0 Å². The van der Waals surface area contributed by atoms with Gasteiger partial charge in [-0.3, -0.25) is 4.79 Å². The lowest BCUT2D eigenvalue weighted by atomic mass is 10.3. The molecule has 1 aliphatic carbocycles. The van der Waals surface area contributed by atoms with Crippen LogP contribution in [-0.4, -0.2) is 24.5 Å². The van der Waals surface area contributed by atoms with E-state index in [4.69, 9.17) is 0 Å². The van der Waals surface area contributed by atoms with Crippen molar-refractivity contribution in [3.05, 3.63) is 0 Å². The van der Waals surface area contributed by atoms with E-state index >= 15 is 0 Å². The largest absolute Gasteiger partial charge is 0.354 e. The van der Waals surface area contributed by atoms with Crippen LogP contribution in [0.3, 0.4) is 0 Å². The summed E-state index contributed by atoms with van der Waals surface area (Å²) in [5, 5.41) is 6.27. The SMILES string of the molecule is O=C1CCNC2(CC2)CN1. The van der Waals surface area contributed by atoms with Crippen molar-refractivity contribution in [1.29, 1.82) is 0 Å². The van der Waals surface area contributed by atoms with Gasteiger partial charge in [0.2, 0.25) is 5.91 Å². The molecule has 1 saturated carbocycles. The Kier molecular flexibility index (Phi) is 1.20. The predicted octanol–water partition coefficient (Wildman–Crippen LogP) is -0.372. The Bertz CT molecular complexity index is 163. The number of hydrogen-bond donors (Lipinski definition) is 2. The molecule has 56 valence electrons. The van der Waals surface area contributed by atoms with Gasteiger partial charge in [0.1, 0.15) is 0 Å². The molecule has 0 radical (unpaired) electrons. The number of hydrogen-bond acceptors (Lipinski definition) is 2. The fourth-order valence-corrected chi connectivity index (χ4v) is 1.36.